The minimum absolute atomic E-state index is 0.288. The molecule has 0 saturated carbocycles. The number of amides is 1. The third-order valence-corrected chi connectivity index (χ3v) is 3.32. The molecule has 6 nitrogen and oxygen atoms in total. The first kappa shape index (κ1) is 13.1. The summed E-state index contributed by atoms with van der Waals surface area (Å²) < 4.78 is 10.5. The van der Waals surface area contributed by atoms with Crippen LogP contribution in [0.2, 0.25) is 0 Å². The second-order valence-electron chi connectivity index (χ2n) is 4.51. The molecule has 0 atom stereocenters. The lowest BCUT2D eigenvalue weighted by atomic mass is 10.1. The highest BCUT2D eigenvalue weighted by Gasteiger charge is 2.21. The number of carbonyl (C=O) groups excluding carboxylic acids is 1. The monoisotopic (exact) mass is 253 g/mol. The maximum absolute atomic E-state index is 11.5. The lowest BCUT2D eigenvalue weighted by Crippen LogP contribution is -2.37. The van der Waals surface area contributed by atoms with E-state index < -0.39 is 5.91 Å². The van der Waals surface area contributed by atoms with E-state index in [2.05, 4.69) is 10.3 Å². The van der Waals surface area contributed by atoms with Gasteiger partial charge in [0, 0.05) is 31.4 Å². The first-order valence-corrected chi connectivity index (χ1v) is 6.07. The fourth-order valence-corrected chi connectivity index (χ4v) is 2.25. The molecule has 1 aromatic rings. The van der Waals surface area contributed by atoms with E-state index in [1.807, 2.05) is 7.05 Å². The third-order valence-electron chi connectivity index (χ3n) is 3.32. The molecule has 0 unspecified atom stereocenters. The van der Waals surface area contributed by atoms with Crippen LogP contribution in [0.25, 0.3) is 0 Å². The Hall–Kier alpha value is -1.37. The van der Waals surface area contributed by atoms with Crippen molar-refractivity contribution in [3.8, 4) is 0 Å². The van der Waals surface area contributed by atoms with Crippen LogP contribution < -0.4 is 11.3 Å². The number of furan rings is 1. The van der Waals surface area contributed by atoms with Crippen LogP contribution in [0.15, 0.2) is 16.7 Å². The van der Waals surface area contributed by atoms with Crippen LogP contribution in [-0.2, 0) is 11.3 Å². The van der Waals surface area contributed by atoms with Crippen molar-refractivity contribution in [3.05, 3.63) is 23.7 Å². The molecule has 0 bridgehead atoms. The highest BCUT2D eigenvalue weighted by molar-refractivity contribution is 5.92. The van der Waals surface area contributed by atoms with Crippen LogP contribution in [0.5, 0.6) is 0 Å². The molecular weight excluding hydrogens is 234 g/mol. The average Bonchev–Trinajstić information content (AvgIpc) is 2.87. The van der Waals surface area contributed by atoms with Gasteiger partial charge in [-0.3, -0.25) is 15.1 Å². The Morgan fingerprint density at radius 1 is 1.56 bits per heavy atom. The van der Waals surface area contributed by atoms with Crippen LogP contribution in [0.3, 0.4) is 0 Å². The molecule has 3 N–H and O–H groups in total. The quantitative estimate of drug-likeness (QED) is 0.464. The molecule has 0 radical (unpaired) electrons. The van der Waals surface area contributed by atoms with Gasteiger partial charge in [0.1, 0.15) is 0 Å². The van der Waals surface area contributed by atoms with Crippen LogP contribution in [0, 0.1) is 0 Å². The predicted octanol–water partition coefficient (Wildman–Crippen LogP) is 0.494. The highest BCUT2D eigenvalue weighted by atomic mass is 16.5. The van der Waals surface area contributed by atoms with Gasteiger partial charge in [0.05, 0.1) is 6.26 Å². The van der Waals surface area contributed by atoms with Gasteiger partial charge in [-0.2, -0.15) is 0 Å². The molecule has 1 fully saturated rings. The maximum atomic E-state index is 11.5. The molecule has 0 aromatic carbocycles. The van der Waals surface area contributed by atoms with Gasteiger partial charge >= 0.3 is 5.91 Å². The Bertz CT molecular complexity index is 399. The molecule has 1 aliphatic heterocycles. The number of hydrogen-bond donors (Lipinski definition) is 2. The largest absolute Gasteiger partial charge is 0.459 e. The molecule has 1 amide bonds. The number of hydrogen-bond acceptors (Lipinski definition) is 5. The number of hydrazine groups is 1. The summed E-state index contributed by atoms with van der Waals surface area (Å²) in [5, 5.41) is 0. The summed E-state index contributed by atoms with van der Waals surface area (Å²) >= 11 is 0. The van der Waals surface area contributed by atoms with Gasteiger partial charge in [0.15, 0.2) is 5.76 Å². The minimum atomic E-state index is -0.393. The van der Waals surface area contributed by atoms with Crippen molar-refractivity contribution in [1.82, 2.24) is 10.3 Å². The predicted molar refractivity (Wildman–Crippen MR) is 65.7 cm³/mol. The molecule has 6 heteroatoms. The number of rotatable bonds is 4. The zero-order valence-corrected chi connectivity index (χ0v) is 10.5. The fourth-order valence-electron chi connectivity index (χ4n) is 2.25. The van der Waals surface area contributed by atoms with Gasteiger partial charge in [-0.05, 0) is 26.0 Å². The first-order valence-electron chi connectivity index (χ1n) is 6.07. The molecule has 0 aliphatic carbocycles. The van der Waals surface area contributed by atoms with E-state index in [4.69, 9.17) is 15.0 Å². The Kier molecular flexibility index (Phi) is 4.35. The lowest BCUT2D eigenvalue weighted by Gasteiger charge is -2.30. The molecule has 18 heavy (non-hydrogen) atoms. The standard InChI is InChI=1S/C12H19N3O3/c1-15(10-3-5-17-6-4-10)8-9-2-7-18-11(9)12(16)14-13/h2,7,10H,3-6,8,13H2,1H3,(H,14,16). The normalized spacial score (nSPS) is 17.1. The molecule has 1 saturated heterocycles. The maximum Gasteiger partial charge on any atom is 0.301 e. The fraction of sp³-hybridized carbons (Fsp3) is 0.583. The van der Waals surface area contributed by atoms with Crippen LogP contribution in [0.1, 0.15) is 29.0 Å². The Balaban J connectivity index is 2.00. The van der Waals surface area contributed by atoms with Crippen molar-refractivity contribution in [3.63, 3.8) is 0 Å². The molecule has 2 rings (SSSR count). The summed E-state index contributed by atoms with van der Waals surface area (Å²) in [7, 11) is 2.05. The van der Waals surface area contributed by atoms with E-state index in [0.29, 0.717) is 12.6 Å². The number of nitrogens with one attached hydrogen (secondary N) is 1. The summed E-state index contributed by atoms with van der Waals surface area (Å²) in [5.74, 6) is 5.01. The summed E-state index contributed by atoms with van der Waals surface area (Å²) in [6.07, 6.45) is 3.55. The zero-order chi connectivity index (χ0) is 13.0. The second-order valence-corrected chi connectivity index (χ2v) is 4.51. The van der Waals surface area contributed by atoms with Crippen molar-refractivity contribution in [1.29, 1.82) is 0 Å². The van der Waals surface area contributed by atoms with Crippen LogP contribution in [-0.4, -0.2) is 37.1 Å². The Morgan fingerprint density at radius 2 is 2.28 bits per heavy atom. The van der Waals surface area contributed by atoms with Crippen molar-refractivity contribution < 1.29 is 13.9 Å². The summed E-state index contributed by atoms with van der Waals surface area (Å²) in [5.41, 5.74) is 2.94. The molecule has 0 spiro atoms. The van der Waals surface area contributed by atoms with Gasteiger partial charge in [0.2, 0.25) is 0 Å². The van der Waals surface area contributed by atoms with Crippen molar-refractivity contribution in [2.24, 2.45) is 5.84 Å². The van der Waals surface area contributed by atoms with Crippen molar-refractivity contribution in [2.45, 2.75) is 25.4 Å². The Labute approximate surface area is 106 Å². The van der Waals surface area contributed by atoms with Gasteiger partial charge in [-0.25, -0.2) is 5.84 Å². The molecule has 100 valence electrons. The third kappa shape index (κ3) is 2.90. The summed E-state index contributed by atoms with van der Waals surface area (Å²) in [6, 6.07) is 2.29. The Morgan fingerprint density at radius 3 is 2.94 bits per heavy atom. The molecular formula is C12H19N3O3. The van der Waals surface area contributed by atoms with Gasteiger partial charge in [0.25, 0.3) is 0 Å². The van der Waals surface area contributed by atoms with E-state index in [1.165, 1.54) is 6.26 Å². The molecule has 2 heterocycles. The second kappa shape index (κ2) is 5.99. The van der Waals surface area contributed by atoms with E-state index in [1.54, 1.807) is 6.07 Å². The number of ether oxygens (including phenoxy) is 1. The lowest BCUT2D eigenvalue weighted by molar-refractivity contribution is 0.0405. The first-order chi connectivity index (χ1) is 8.72. The minimum Gasteiger partial charge on any atom is -0.459 e. The number of nitrogen functional groups attached to an aromatic ring is 1. The molecule has 1 aromatic heterocycles. The van der Waals surface area contributed by atoms with Gasteiger partial charge in [-0.15, -0.1) is 0 Å². The summed E-state index contributed by atoms with van der Waals surface area (Å²) in [6.45, 7) is 2.27. The summed E-state index contributed by atoms with van der Waals surface area (Å²) in [4.78, 5) is 13.7. The topological polar surface area (TPSA) is 80.7 Å². The number of nitrogens with zero attached hydrogens (tertiary/aromatic N) is 1. The SMILES string of the molecule is CN(Cc1ccoc1C(=O)NN)C1CCOCC1. The zero-order valence-electron chi connectivity index (χ0n) is 10.5. The van der Waals surface area contributed by atoms with E-state index in [0.717, 1.165) is 31.6 Å². The van der Waals surface area contributed by atoms with Gasteiger partial charge < -0.3 is 9.15 Å². The smallest absolute Gasteiger partial charge is 0.301 e. The van der Waals surface area contributed by atoms with Crippen molar-refractivity contribution >= 4 is 5.91 Å². The van der Waals surface area contributed by atoms with Crippen LogP contribution in [0.4, 0.5) is 0 Å². The average molecular weight is 253 g/mol. The highest BCUT2D eigenvalue weighted by Crippen LogP contribution is 2.18. The van der Waals surface area contributed by atoms with Crippen LogP contribution >= 0.6 is 0 Å². The van der Waals surface area contributed by atoms with Gasteiger partial charge in [-0.1, -0.05) is 0 Å². The van der Waals surface area contributed by atoms with E-state index in [9.17, 15) is 4.79 Å². The number of nitrogens with two attached hydrogens (primary N) is 1. The molecule has 1 aliphatic rings. The van der Waals surface area contributed by atoms with Crippen molar-refractivity contribution in [2.75, 3.05) is 20.3 Å². The van der Waals surface area contributed by atoms with E-state index in [-0.39, 0.29) is 5.76 Å². The van der Waals surface area contributed by atoms with E-state index >= 15 is 0 Å². The number of carbonyl (C=O) groups is 1.